The first-order chi connectivity index (χ1) is 20.0. The van der Waals surface area contributed by atoms with Crippen molar-refractivity contribution in [1.29, 1.82) is 0 Å². The summed E-state index contributed by atoms with van der Waals surface area (Å²) in [4.78, 5) is 54.0. The van der Waals surface area contributed by atoms with Crippen LogP contribution in [0.2, 0.25) is 0 Å². The lowest BCUT2D eigenvalue weighted by atomic mass is 9.69. The number of para-hydroxylation sites is 1. The molecule has 11 heteroatoms. The van der Waals surface area contributed by atoms with Crippen LogP contribution in [0.5, 0.6) is 0 Å². The first-order valence-electron chi connectivity index (χ1n) is 14.1. The zero-order chi connectivity index (χ0) is 30.6. The molecule has 3 unspecified atom stereocenters. The van der Waals surface area contributed by atoms with Crippen molar-refractivity contribution in [2.45, 2.75) is 52.1 Å². The van der Waals surface area contributed by atoms with Gasteiger partial charge in [-0.2, -0.15) is 0 Å². The summed E-state index contributed by atoms with van der Waals surface area (Å²) >= 11 is 0. The van der Waals surface area contributed by atoms with Crippen molar-refractivity contribution >= 4 is 23.4 Å². The average molecular weight is 582 g/mol. The number of halogens is 1. The molecule has 0 saturated carbocycles. The van der Waals surface area contributed by atoms with Crippen molar-refractivity contribution in [3.8, 4) is 0 Å². The minimum atomic E-state index is -1.13. The molecule has 4 rings (SSSR count). The summed E-state index contributed by atoms with van der Waals surface area (Å²) in [5.41, 5.74) is -0.149. The molecule has 1 fully saturated rings. The van der Waals surface area contributed by atoms with Crippen LogP contribution in [0.15, 0.2) is 59.8 Å². The molecular weight excluding hydrogens is 545 g/mol. The summed E-state index contributed by atoms with van der Waals surface area (Å²) in [5.74, 6) is -4.20. The number of nitrogens with zero attached hydrogens (tertiary/aromatic N) is 2. The van der Waals surface area contributed by atoms with E-state index in [0.717, 1.165) is 0 Å². The van der Waals surface area contributed by atoms with E-state index >= 15 is 0 Å². The number of nitrogens with one attached hydrogen (secondary N) is 1. The number of piperidine rings is 1. The van der Waals surface area contributed by atoms with Crippen LogP contribution in [0.4, 0.5) is 10.1 Å². The van der Waals surface area contributed by atoms with Crippen molar-refractivity contribution in [3.63, 3.8) is 0 Å². The molecule has 0 radical (unpaired) electrons. The number of carbonyl (C=O) groups is 3. The van der Waals surface area contributed by atoms with Gasteiger partial charge in [-0.05, 0) is 64.8 Å². The second-order valence-corrected chi connectivity index (χ2v) is 10.7. The molecule has 10 nitrogen and oxygen atoms in total. The third kappa shape index (κ3) is 5.92. The second kappa shape index (κ2) is 12.8. The van der Waals surface area contributed by atoms with E-state index in [4.69, 9.17) is 9.47 Å². The highest BCUT2D eigenvalue weighted by Crippen LogP contribution is 2.48. The lowest BCUT2D eigenvalue weighted by Gasteiger charge is -2.53. The van der Waals surface area contributed by atoms with Gasteiger partial charge in [0.15, 0.2) is 5.78 Å². The van der Waals surface area contributed by atoms with E-state index in [9.17, 15) is 28.9 Å². The Kier molecular flexibility index (Phi) is 9.40. The molecule has 0 aromatic heterocycles. The van der Waals surface area contributed by atoms with Crippen LogP contribution in [0.1, 0.15) is 62.4 Å². The van der Waals surface area contributed by atoms with Gasteiger partial charge in [-0.25, -0.2) is 9.18 Å². The molecule has 2 aromatic carbocycles. The summed E-state index contributed by atoms with van der Waals surface area (Å²) < 4.78 is 24.3. The highest BCUT2D eigenvalue weighted by Gasteiger charge is 2.56. The molecule has 3 atom stereocenters. The largest absolute Gasteiger partial charge is 0.466 e. The van der Waals surface area contributed by atoms with E-state index < -0.39 is 40.2 Å². The van der Waals surface area contributed by atoms with E-state index in [1.165, 1.54) is 36.4 Å². The number of hydrogen-bond acceptors (Lipinski definition) is 9. The van der Waals surface area contributed by atoms with E-state index in [2.05, 4.69) is 5.32 Å². The number of nitro groups is 1. The van der Waals surface area contributed by atoms with Gasteiger partial charge in [0.25, 0.3) is 5.69 Å². The molecule has 2 aliphatic rings. The molecule has 224 valence electrons. The molecule has 0 spiro atoms. The number of benzene rings is 2. The zero-order valence-corrected chi connectivity index (χ0v) is 24.2. The number of Topliss-reactive ketones (excluding diaryl/α,β-unsaturated/α-hetero) is 1. The standard InChI is InChI=1S/C31H36FN3O7/c1-5-41-29(37)25-19(3)33-31(4,34-17-15-21(16-18-34)28(36)20-11-13-22(32)14-12-20)27(30(38)42-6-2)26(25)23-9-7-8-10-24(23)35(39)40/h7-14,21,26-27,33H,5-6,15-18H2,1-4H3. The van der Waals surface area contributed by atoms with Gasteiger partial charge in [-0.1, -0.05) is 18.2 Å². The normalized spacial score (nSPS) is 23.2. The Morgan fingerprint density at radius 3 is 2.26 bits per heavy atom. The van der Waals surface area contributed by atoms with Crippen LogP contribution in [0.3, 0.4) is 0 Å². The van der Waals surface area contributed by atoms with Crippen LogP contribution >= 0.6 is 0 Å². The quantitative estimate of drug-likeness (QED) is 0.193. The van der Waals surface area contributed by atoms with Gasteiger partial charge >= 0.3 is 11.9 Å². The number of allylic oxidation sites excluding steroid dienone is 1. The van der Waals surface area contributed by atoms with Crippen LogP contribution in [-0.2, 0) is 19.1 Å². The summed E-state index contributed by atoms with van der Waals surface area (Å²) in [5, 5.41) is 15.5. The number of ether oxygens (including phenoxy) is 2. The third-order valence-electron chi connectivity index (χ3n) is 8.25. The first kappa shape index (κ1) is 30.8. The molecule has 0 aliphatic carbocycles. The van der Waals surface area contributed by atoms with Crippen molar-refractivity contribution < 1.29 is 33.2 Å². The molecule has 1 saturated heterocycles. The number of carbonyl (C=O) groups excluding carboxylic acids is 3. The van der Waals surface area contributed by atoms with Gasteiger partial charge in [0.05, 0.1) is 23.7 Å². The number of nitro benzene ring substituents is 1. The van der Waals surface area contributed by atoms with Gasteiger partial charge < -0.3 is 14.8 Å². The maximum atomic E-state index is 13.8. The summed E-state index contributed by atoms with van der Waals surface area (Å²) in [6.45, 7) is 7.84. The van der Waals surface area contributed by atoms with Crippen LogP contribution in [0.25, 0.3) is 0 Å². The van der Waals surface area contributed by atoms with Crippen LogP contribution < -0.4 is 5.32 Å². The molecule has 2 aromatic rings. The van der Waals surface area contributed by atoms with Crippen molar-refractivity contribution in [3.05, 3.63) is 86.9 Å². The number of hydrogen-bond donors (Lipinski definition) is 1. The molecule has 42 heavy (non-hydrogen) atoms. The second-order valence-electron chi connectivity index (χ2n) is 10.7. The van der Waals surface area contributed by atoms with Crippen molar-refractivity contribution in [2.75, 3.05) is 26.3 Å². The third-order valence-corrected chi connectivity index (χ3v) is 8.25. The number of esters is 2. The lowest BCUT2D eigenvalue weighted by Crippen LogP contribution is -2.68. The smallest absolute Gasteiger partial charge is 0.336 e. The Hall–Kier alpha value is -4.12. The summed E-state index contributed by atoms with van der Waals surface area (Å²) in [6.07, 6.45) is 0.958. The van der Waals surface area contributed by atoms with Gasteiger partial charge in [-0.3, -0.25) is 24.6 Å². The van der Waals surface area contributed by atoms with Crippen LogP contribution in [0, 0.1) is 27.8 Å². The van der Waals surface area contributed by atoms with E-state index in [1.807, 2.05) is 11.8 Å². The van der Waals surface area contributed by atoms with Gasteiger partial charge in [0, 0.05) is 47.8 Å². The Labute approximate surface area is 244 Å². The molecule has 0 bridgehead atoms. The maximum absolute atomic E-state index is 13.8. The highest BCUT2D eigenvalue weighted by molar-refractivity contribution is 5.98. The summed E-state index contributed by atoms with van der Waals surface area (Å²) in [7, 11) is 0. The maximum Gasteiger partial charge on any atom is 0.336 e. The van der Waals surface area contributed by atoms with Crippen molar-refractivity contribution in [2.24, 2.45) is 11.8 Å². The Balaban J connectivity index is 1.77. The van der Waals surface area contributed by atoms with Gasteiger partial charge in [0.2, 0.25) is 0 Å². The minimum absolute atomic E-state index is 0.0701. The molecule has 2 heterocycles. The van der Waals surface area contributed by atoms with Crippen LogP contribution in [-0.4, -0.2) is 59.5 Å². The predicted molar refractivity (Wildman–Crippen MR) is 152 cm³/mol. The van der Waals surface area contributed by atoms with E-state index in [0.29, 0.717) is 37.2 Å². The lowest BCUT2D eigenvalue weighted by molar-refractivity contribution is -0.385. The predicted octanol–water partition coefficient (Wildman–Crippen LogP) is 4.75. The molecule has 0 amide bonds. The van der Waals surface area contributed by atoms with E-state index in [-0.39, 0.29) is 41.7 Å². The average Bonchev–Trinajstić information content (AvgIpc) is 2.97. The molecule has 2 aliphatic heterocycles. The topological polar surface area (TPSA) is 128 Å². The zero-order valence-electron chi connectivity index (χ0n) is 24.2. The Morgan fingerprint density at radius 2 is 1.67 bits per heavy atom. The minimum Gasteiger partial charge on any atom is -0.466 e. The SMILES string of the molecule is CCOC(=O)C1=C(C)NC(C)(N2CCC(C(=O)c3ccc(F)cc3)CC2)C(C(=O)OCC)C1c1ccccc1[N+](=O)[O-]. The summed E-state index contributed by atoms with van der Waals surface area (Å²) in [6, 6.07) is 11.6. The number of likely N-dealkylation sites (tertiary alicyclic amines) is 1. The molecule has 1 N–H and O–H groups in total. The van der Waals surface area contributed by atoms with Gasteiger partial charge in [0.1, 0.15) is 17.4 Å². The molecular formula is C31H36FN3O7. The fourth-order valence-electron chi connectivity index (χ4n) is 6.32. The number of ketones is 1. The highest BCUT2D eigenvalue weighted by atomic mass is 19.1. The fourth-order valence-corrected chi connectivity index (χ4v) is 6.32. The van der Waals surface area contributed by atoms with Crippen molar-refractivity contribution in [1.82, 2.24) is 10.2 Å². The van der Waals surface area contributed by atoms with Gasteiger partial charge in [-0.15, -0.1) is 0 Å². The Bertz CT molecular complexity index is 1390. The number of rotatable bonds is 9. The monoisotopic (exact) mass is 581 g/mol. The van der Waals surface area contributed by atoms with E-state index in [1.54, 1.807) is 32.9 Å². The Morgan fingerprint density at radius 1 is 1.05 bits per heavy atom. The first-order valence-corrected chi connectivity index (χ1v) is 14.1. The fraction of sp³-hybridized carbons (Fsp3) is 0.452.